The Balaban J connectivity index is 0.00000196. The molecule has 1 fully saturated rings. The quantitative estimate of drug-likeness (QED) is 0.738. The van der Waals surface area contributed by atoms with Crippen molar-refractivity contribution in [1.29, 1.82) is 0 Å². The lowest BCUT2D eigenvalue weighted by Crippen LogP contribution is -2.53. The predicted molar refractivity (Wildman–Crippen MR) is 106 cm³/mol. The van der Waals surface area contributed by atoms with E-state index in [9.17, 15) is 4.79 Å². The number of piperazine rings is 1. The first kappa shape index (κ1) is 18.7. The molecule has 8 heteroatoms. The molecule has 0 spiro atoms. The molecule has 0 aliphatic carbocycles. The van der Waals surface area contributed by atoms with Crippen LogP contribution in [0.15, 0.2) is 46.2 Å². The summed E-state index contributed by atoms with van der Waals surface area (Å²) in [6.07, 6.45) is 0.599. The molecule has 6 nitrogen and oxygen atoms in total. The van der Waals surface area contributed by atoms with Crippen molar-refractivity contribution in [2.24, 2.45) is 5.73 Å². The highest BCUT2D eigenvalue weighted by molar-refractivity contribution is 7.09. The number of nitrogens with zero attached hydrogens (tertiary/aromatic N) is 3. The van der Waals surface area contributed by atoms with E-state index < -0.39 is 6.04 Å². The van der Waals surface area contributed by atoms with Crippen LogP contribution in [0, 0.1) is 0 Å². The van der Waals surface area contributed by atoms with Gasteiger partial charge < -0.3 is 20.0 Å². The Morgan fingerprint density at radius 3 is 2.65 bits per heavy atom. The molecular weight excluding hydrogens is 372 g/mol. The Hall–Kier alpha value is -2.09. The van der Waals surface area contributed by atoms with E-state index in [0.29, 0.717) is 38.6 Å². The Kier molecular flexibility index (Phi) is 5.80. The minimum atomic E-state index is -0.477. The van der Waals surface area contributed by atoms with E-state index in [1.165, 1.54) is 0 Å². The summed E-state index contributed by atoms with van der Waals surface area (Å²) in [6.45, 7) is 2.67. The number of anilines is 1. The normalized spacial score (nSPS) is 15.7. The second-order valence-corrected chi connectivity index (χ2v) is 7.20. The SMILES string of the molecule is Cl.NC(Cc1cccs1)C(=O)N1CCN(c2nc3ccccc3o2)CC1. The smallest absolute Gasteiger partial charge is 0.298 e. The highest BCUT2D eigenvalue weighted by Crippen LogP contribution is 2.22. The molecule has 1 unspecified atom stereocenters. The van der Waals surface area contributed by atoms with E-state index in [1.54, 1.807) is 11.3 Å². The number of aromatic nitrogens is 1. The number of carbonyl (C=O) groups excluding carboxylic acids is 1. The third-order valence-corrected chi connectivity index (χ3v) is 5.36. The first-order valence-corrected chi connectivity index (χ1v) is 9.26. The minimum Gasteiger partial charge on any atom is -0.423 e. The van der Waals surface area contributed by atoms with Gasteiger partial charge in [0.1, 0.15) is 5.52 Å². The molecule has 138 valence electrons. The number of amides is 1. The maximum Gasteiger partial charge on any atom is 0.298 e. The molecule has 1 aromatic carbocycles. The van der Waals surface area contributed by atoms with Gasteiger partial charge in [-0.05, 0) is 23.6 Å². The summed E-state index contributed by atoms with van der Waals surface area (Å²) in [6, 6.07) is 11.9. The summed E-state index contributed by atoms with van der Waals surface area (Å²) in [5.74, 6) is 0.0191. The molecule has 0 saturated carbocycles. The van der Waals surface area contributed by atoms with Crippen LogP contribution >= 0.6 is 23.7 Å². The maximum atomic E-state index is 12.6. The molecule has 1 aliphatic heterocycles. The number of hydrogen-bond acceptors (Lipinski definition) is 6. The predicted octanol–water partition coefficient (Wildman–Crippen LogP) is 2.53. The maximum absolute atomic E-state index is 12.6. The van der Waals surface area contributed by atoms with Crippen molar-refractivity contribution in [2.75, 3.05) is 31.1 Å². The third kappa shape index (κ3) is 3.85. The van der Waals surface area contributed by atoms with Gasteiger partial charge in [0.2, 0.25) is 5.91 Å². The van der Waals surface area contributed by atoms with Gasteiger partial charge in [0.25, 0.3) is 6.01 Å². The Morgan fingerprint density at radius 1 is 1.19 bits per heavy atom. The summed E-state index contributed by atoms with van der Waals surface area (Å²) in [5, 5.41) is 2.01. The standard InChI is InChI=1S/C18H20N4O2S.ClH/c19-14(12-13-4-3-11-25-13)17(23)21-7-9-22(10-8-21)18-20-15-5-1-2-6-16(15)24-18;/h1-6,11,14H,7-10,12,19H2;1H. The second-order valence-electron chi connectivity index (χ2n) is 6.17. The summed E-state index contributed by atoms with van der Waals surface area (Å²) < 4.78 is 5.81. The molecule has 4 rings (SSSR count). The van der Waals surface area contributed by atoms with Crippen LogP contribution < -0.4 is 10.6 Å². The van der Waals surface area contributed by atoms with Crippen LogP contribution in [0.25, 0.3) is 11.1 Å². The molecule has 1 amide bonds. The van der Waals surface area contributed by atoms with Crippen LogP contribution in [-0.4, -0.2) is 48.0 Å². The zero-order chi connectivity index (χ0) is 17.2. The Morgan fingerprint density at radius 2 is 1.96 bits per heavy atom. The van der Waals surface area contributed by atoms with Crippen LogP contribution in [0.3, 0.4) is 0 Å². The van der Waals surface area contributed by atoms with Crippen molar-refractivity contribution in [3.05, 3.63) is 46.7 Å². The van der Waals surface area contributed by atoms with Gasteiger partial charge in [0, 0.05) is 37.5 Å². The molecule has 3 aromatic rings. The van der Waals surface area contributed by atoms with Crippen molar-refractivity contribution < 1.29 is 9.21 Å². The summed E-state index contributed by atoms with van der Waals surface area (Å²) in [7, 11) is 0. The topological polar surface area (TPSA) is 75.6 Å². The number of benzene rings is 1. The zero-order valence-electron chi connectivity index (χ0n) is 14.2. The summed E-state index contributed by atoms with van der Waals surface area (Å²) in [4.78, 5) is 22.1. The first-order chi connectivity index (χ1) is 12.2. The van der Waals surface area contributed by atoms with Gasteiger partial charge in [0.05, 0.1) is 6.04 Å². The van der Waals surface area contributed by atoms with Gasteiger partial charge in [-0.1, -0.05) is 18.2 Å². The lowest BCUT2D eigenvalue weighted by atomic mass is 10.1. The summed E-state index contributed by atoms with van der Waals surface area (Å²) >= 11 is 1.64. The molecule has 0 radical (unpaired) electrons. The van der Waals surface area contributed by atoms with Crippen LogP contribution in [0.2, 0.25) is 0 Å². The molecule has 1 saturated heterocycles. The van der Waals surface area contributed by atoms with E-state index in [2.05, 4.69) is 9.88 Å². The van der Waals surface area contributed by atoms with Crippen molar-refractivity contribution in [3.8, 4) is 0 Å². The molecule has 0 bridgehead atoms. The van der Waals surface area contributed by atoms with Crippen LogP contribution in [0.4, 0.5) is 6.01 Å². The number of fused-ring (bicyclic) bond motifs is 1. The fourth-order valence-electron chi connectivity index (χ4n) is 3.08. The van der Waals surface area contributed by atoms with E-state index in [4.69, 9.17) is 10.2 Å². The van der Waals surface area contributed by atoms with Gasteiger partial charge in [-0.2, -0.15) is 4.98 Å². The van der Waals surface area contributed by atoms with Gasteiger partial charge in [-0.15, -0.1) is 23.7 Å². The number of thiophene rings is 1. The van der Waals surface area contributed by atoms with Gasteiger partial charge in [0.15, 0.2) is 5.58 Å². The van der Waals surface area contributed by atoms with Gasteiger partial charge in [-0.25, -0.2) is 0 Å². The van der Waals surface area contributed by atoms with Crippen LogP contribution in [-0.2, 0) is 11.2 Å². The fraction of sp³-hybridized carbons (Fsp3) is 0.333. The Labute approximate surface area is 162 Å². The number of oxazole rings is 1. The third-order valence-electron chi connectivity index (χ3n) is 4.46. The Bertz CT molecular complexity index is 826. The summed E-state index contributed by atoms with van der Waals surface area (Å²) in [5.41, 5.74) is 7.75. The molecule has 1 aliphatic rings. The lowest BCUT2D eigenvalue weighted by Gasteiger charge is -2.35. The highest BCUT2D eigenvalue weighted by atomic mass is 35.5. The van der Waals surface area contributed by atoms with Crippen molar-refractivity contribution in [1.82, 2.24) is 9.88 Å². The van der Waals surface area contributed by atoms with Gasteiger partial charge >= 0.3 is 0 Å². The second kappa shape index (κ2) is 8.07. The fourth-order valence-corrected chi connectivity index (χ4v) is 3.85. The molecule has 26 heavy (non-hydrogen) atoms. The van der Waals surface area contributed by atoms with E-state index in [0.717, 1.165) is 16.0 Å². The zero-order valence-corrected chi connectivity index (χ0v) is 15.8. The average Bonchev–Trinajstić information content (AvgIpc) is 3.30. The molecule has 1 atom stereocenters. The first-order valence-electron chi connectivity index (χ1n) is 8.38. The number of para-hydroxylation sites is 2. The average molecular weight is 393 g/mol. The van der Waals surface area contributed by atoms with Crippen molar-refractivity contribution in [3.63, 3.8) is 0 Å². The number of nitrogens with two attached hydrogens (primary N) is 1. The van der Waals surface area contributed by atoms with Gasteiger partial charge in [-0.3, -0.25) is 4.79 Å². The molecule has 2 aromatic heterocycles. The van der Waals surface area contributed by atoms with E-state index in [1.807, 2.05) is 46.7 Å². The van der Waals surface area contributed by atoms with Crippen molar-refractivity contribution >= 4 is 46.8 Å². The van der Waals surface area contributed by atoms with Crippen LogP contribution in [0.1, 0.15) is 4.88 Å². The number of hydrogen-bond donors (Lipinski definition) is 1. The highest BCUT2D eigenvalue weighted by Gasteiger charge is 2.27. The monoisotopic (exact) mass is 392 g/mol. The van der Waals surface area contributed by atoms with Crippen LogP contribution in [0.5, 0.6) is 0 Å². The van der Waals surface area contributed by atoms with Crippen molar-refractivity contribution in [2.45, 2.75) is 12.5 Å². The number of halogens is 1. The minimum absolute atomic E-state index is 0. The molecule has 3 heterocycles. The largest absolute Gasteiger partial charge is 0.423 e. The van der Waals surface area contributed by atoms with E-state index >= 15 is 0 Å². The molecule has 2 N–H and O–H groups in total. The number of carbonyl (C=O) groups is 1. The molecular formula is C18H21ClN4O2S. The van der Waals surface area contributed by atoms with E-state index in [-0.39, 0.29) is 18.3 Å². The lowest BCUT2D eigenvalue weighted by molar-refractivity contribution is -0.132. The number of rotatable bonds is 4.